The van der Waals surface area contributed by atoms with Gasteiger partial charge in [-0.25, -0.2) is 13.1 Å². The molecule has 0 bridgehead atoms. The van der Waals surface area contributed by atoms with E-state index in [2.05, 4.69) is 57.6 Å². The van der Waals surface area contributed by atoms with Gasteiger partial charge in [0.15, 0.2) is 0 Å². The first-order valence-electron chi connectivity index (χ1n) is 7.65. The fourth-order valence-electron chi connectivity index (χ4n) is 2.50. The largest absolute Gasteiger partial charge is 0.240 e. The third-order valence-corrected chi connectivity index (χ3v) is 6.52. The van der Waals surface area contributed by atoms with Crippen molar-refractivity contribution < 1.29 is 8.42 Å². The molecule has 0 radical (unpaired) electrons. The maximum atomic E-state index is 12.4. The highest BCUT2D eigenvalue weighted by Gasteiger charge is 2.16. The van der Waals surface area contributed by atoms with Crippen molar-refractivity contribution in [3.05, 3.63) is 77.9 Å². The Morgan fingerprint density at radius 2 is 1.62 bits per heavy atom. The van der Waals surface area contributed by atoms with Crippen LogP contribution in [0.2, 0.25) is 0 Å². The molecule has 0 aliphatic carbocycles. The van der Waals surface area contributed by atoms with E-state index in [9.17, 15) is 8.42 Å². The summed E-state index contributed by atoms with van der Waals surface area (Å²) in [6.45, 7) is 2.29. The number of halogens is 1. The Balaban J connectivity index is 1.74. The molecule has 5 heteroatoms. The molecule has 0 fully saturated rings. The maximum Gasteiger partial charge on any atom is 0.240 e. The first-order valence-corrected chi connectivity index (χ1v) is 10.4. The molecule has 3 rings (SSSR count). The van der Waals surface area contributed by atoms with Gasteiger partial charge in [0.1, 0.15) is 0 Å². The van der Waals surface area contributed by atoms with Gasteiger partial charge in [0.05, 0.1) is 4.90 Å². The van der Waals surface area contributed by atoms with Gasteiger partial charge in [-0.2, -0.15) is 0 Å². The number of benzene rings is 3. The first kappa shape index (κ1) is 17.4. The van der Waals surface area contributed by atoms with Crippen molar-refractivity contribution in [3.8, 4) is 0 Å². The highest BCUT2D eigenvalue weighted by Crippen LogP contribution is 2.26. The Labute approximate surface area is 156 Å². The number of sulfonamides is 1. The summed E-state index contributed by atoms with van der Waals surface area (Å²) in [5.41, 5.74) is 2.15. The topological polar surface area (TPSA) is 46.2 Å². The van der Waals surface area contributed by atoms with Gasteiger partial charge >= 0.3 is 0 Å². The zero-order valence-corrected chi connectivity index (χ0v) is 16.2. The number of hydrogen-bond donors (Lipinski definition) is 1. The standard InChI is InChI=1S/C19H18INO2S/c1-14-6-10-18(11-7-14)24(22,23)21-13-19(20)17-9-8-15-4-2-3-5-16(15)12-17/h2-12,19,21H,13H2,1H3/t19-/m0/s1. The van der Waals surface area contributed by atoms with Crippen molar-refractivity contribution in [1.29, 1.82) is 0 Å². The zero-order valence-electron chi connectivity index (χ0n) is 13.2. The Kier molecular flexibility index (Phi) is 5.22. The quantitative estimate of drug-likeness (QED) is 0.455. The fraction of sp³-hybridized carbons (Fsp3) is 0.158. The molecule has 24 heavy (non-hydrogen) atoms. The number of rotatable bonds is 5. The summed E-state index contributed by atoms with van der Waals surface area (Å²) < 4.78 is 27.5. The van der Waals surface area contributed by atoms with Crippen LogP contribution in [0.25, 0.3) is 10.8 Å². The van der Waals surface area contributed by atoms with Gasteiger partial charge in [-0.1, -0.05) is 82.8 Å². The molecule has 0 aromatic heterocycles. The molecular formula is C19H18INO2S. The van der Waals surface area contributed by atoms with E-state index in [0.29, 0.717) is 11.4 Å². The number of fused-ring (bicyclic) bond motifs is 1. The molecular weight excluding hydrogens is 433 g/mol. The molecule has 0 spiro atoms. The minimum absolute atomic E-state index is 0.0624. The Bertz CT molecular complexity index is 953. The molecule has 0 unspecified atom stereocenters. The molecule has 0 amide bonds. The zero-order chi connectivity index (χ0) is 17.2. The van der Waals surface area contributed by atoms with E-state index < -0.39 is 10.0 Å². The van der Waals surface area contributed by atoms with Gasteiger partial charge in [-0.15, -0.1) is 0 Å². The third kappa shape index (κ3) is 3.96. The van der Waals surface area contributed by atoms with Gasteiger partial charge < -0.3 is 0 Å². The van der Waals surface area contributed by atoms with E-state index in [4.69, 9.17) is 0 Å². The Hall–Kier alpha value is -1.44. The second kappa shape index (κ2) is 7.21. The van der Waals surface area contributed by atoms with E-state index in [1.165, 1.54) is 5.39 Å². The van der Waals surface area contributed by atoms with Crippen molar-refractivity contribution in [2.45, 2.75) is 15.7 Å². The Morgan fingerprint density at radius 3 is 2.33 bits per heavy atom. The van der Waals surface area contributed by atoms with Gasteiger partial charge in [-0.3, -0.25) is 0 Å². The van der Waals surface area contributed by atoms with Crippen molar-refractivity contribution in [2.24, 2.45) is 0 Å². The SMILES string of the molecule is Cc1ccc(S(=O)(=O)NC[C@H](I)c2ccc3ccccc3c2)cc1. The van der Waals surface area contributed by atoms with Gasteiger partial charge in [0, 0.05) is 10.5 Å². The molecule has 0 aliphatic rings. The van der Waals surface area contributed by atoms with Gasteiger partial charge in [-0.05, 0) is 35.4 Å². The van der Waals surface area contributed by atoms with E-state index in [-0.39, 0.29) is 3.92 Å². The molecule has 0 heterocycles. The van der Waals surface area contributed by atoms with Gasteiger partial charge in [0.25, 0.3) is 0 Å². The normalized spacial score (nSPS) is 13.1. The van der Waals surface area contributed by atoms with E-state index >= 15 is 0 Å². The minimum Gasteiger partial charge on any atom is -0.210 e. The lowest BCUT2D eigenvalue weighted by Gasteiger charge is -2.13. The number of nitrogens with one attached hydrogen (secondary N) is 1. The van der Waals surface area contributed by atoms with Crippen LogP contribution in [0.5, 0.6) is 0 Å². The second-order valence-corrected chi connectivity index (χ2v) is 9.01. The molecule has 1 atom stereocenters. The Morgan fingerprint density at radius 1 is 0.958 bits per heavy atom. The molecule has 1 N–H and O–H groups in total. The summed E-state index contributed by atoms with van der Waals surface area (Å²) in [5, 5.41) is 2.35. The lowest BCUT2D eigenvalue weighted by Crippen LogP contribution is -2.26. The highest BCUT2D eigenvalue weighted by molar-refractivity contribution is 14.1. The monoisotopic (exact) mass is 451 g/mol. The van der Waals surface area contributed by atoms with Crippen molar-refractivity contribution in [2.75, 3.05) is 6.54 Å². The summed E-state index contributed by atoms with van der Waals surface area (Å²) >= 11 is 2.28. The molecule has 3 aromatic carbocycles. The summed E-state index contributed by atoms with van der Waals surface area (Å²) in [6.07, 6.45) is 0. The van der Waals surface area contributed by atoms with Crippen LogP contribution in [-0.2, 0) is 10.0 Å². The highest BCUT2D eigenvalue weighted by atomic mass is 127. The molecule has 3 nitrogen and oxygen atoms in total. The van der Waals surface area contributed by atoms with Crippen LogP contribution in [0.4, 0.5) is 0 Å². The van der Waals surface area contributed by atoms with Crippen LogP contribution in [0.1, 0.15) is 15.1 Å². The van der Waals surface area contributed by atoms with Crippen molar-refractivity contribution >= 4 is 43.4 Å². The third-order valence-electron chi connectivity index (χ3n) is 3.92. The molecule has 124 valence electrons. The van der Waals surface area contributed by atoms with E-state index in [1.54, 1.807) is 24.3 Å². The van der Waals surface area contributed by atoms with Crippen LogP contribution < -0.4 is 4.72 Å². The smallest absolute Gasteiger partial charge is 0.210 e. The predicted octanol–water partition coefficient (Wildman–Crippen LogP) is 4.60. The van der Waals surface area contributed by atoms with E-state index in [1.807, 2.05) is 19.1 Å². The van der Waals surface area contributed by atoms with Crippen LogP contribution in [0, 0.1) is 6.92 Å². The average molecular weight is 451 g/mol. The van der Waals surface area contributed by atoms with Crippen LogP contribution in [0.3, 0.4) is 0 Å². The average Bonchev–Trinajstić information content (AvgIpc) is 2.59. The lowest BCUT2D eigenvalue weighted by atomic mass is 10.1. The number of hydrogen-bond acceptors (Lipinski definition) is 2. The predicted molar refractivity (Wildman–Crippen MR) is 107 cm³/mol. The number of aryl methyl sites for hydroxylation is 1. The van der Waals surface area contributed by atoms with Gasteiger partial charge in [0.2, 0.25) is 10.0 Å². The van der Waals surface area contributed by atoms with Crippen LogP contribution >= 0.6 is 22.6 Å². The fourth-order valence-corrected chi connectivity index (χ4v) is 4.46. The van der Waals surface area contributed by atoms with Crippen molar-refractivity contribution in [1.82, 2.24) is 4.72 Å². The molecule has 0 aliphatic heterocycles. The summed E-state index contributed by atoms with van der Waals surface area (Å²) in [5.74, 6) is 0. The van der Waals surface area contributed by atoms with Crippen LogP contribution in [-0.4, -0.2) is 15.0 Å². The first-order chi connectivity index (χ1) is 11.5. The summed E-state index contributed by atoms with van der Waals surface area (Å²) in [4.78, 5) is 0.301. The molecule has 0 saturated heterocycles. The second-order valence-electron chi connectivity index (χ2n) is 5.74. The maximum absolute atomic E-state index is 12.4. The lowest BCUT2D eigenvalue weighted by molar-refractivity contribution is 0.582. The minimum atomic E-state index is -3.48. The summed E-state index contributed by atoms with van der Waals surface area (Å²) in [7, 11) is -3.48. The van der Waals surface area contributed by atoms with Crippen LogP contribution in [0.15, 0.2) is 71.6 Å². The molecule has 3 aromatic rings. The summed E-state index contributed by atoms with van der Waals surface area (Å²) in [6, 6.07) is 21.3. The van der Waals surface area contributed by atoms with Crippen molar-refractivity contribution in [3.63, 3.8) is 0 Å². The van der Waals surface area contributed by atoms with E-state index in [0.717, 1.165) is 16.5 Å². The molecule has 0 saturated carbocycles. The number of alkyl halides is 1.